The quantitative estimate of drug-likeness (QED) is 0.248. The van der Waals surface area contributed by atoms with Crippen molar-refractivity contribution >= 4 is 42.0 Å². The molecule has 2 nitrogen and oxygen atoms in total. The van der Waals surface area contributed by atoms with Crippen molar-refractivity contribution < 1.29 is 29.9 Å². The molecule has 0 aliphatic carbocycles. The predicted molar refractivity (Wildman–Crippen MR) is 82.1 cm³/mol. The van der Waals surface area contributed by atoms with Crippen LogP contribution < -0.4 is 4.74 Å². The first-order chi connectivity index (χ1) is 9.78. The van der Waals surface area contributed by atoms with Crippen LogP contribution in [0.2, 0.25) is 0 Å². The Morgan fingerprint density at radius 2 is 1.55 bits per heavy atom. The van der Waals surface area contributed by atoms with E-state index in [0.29, 0.717) is 0 Å². The van der Waals surface area contributed by atoms with Gasteiger partial charge in [-0.3, -0.25) is 0 Å². The van der Waals surface area contributed by atoms with Crippen LogP contribution in [-0.4, -0.2) is 17.7 Å². The van der Waals surface area contributed by atoms with Gasteiger partial charge in [-0.1, -0.05) is 0 Å². The Morgan fingerprint density at radius 3 is 1.91 bits per heavy atom. The van der Waals surface area contributed by atoms with Crippen molar-refractivity contribution in [2.75, 3.05) is 13.4 Å². The van der Waals surface area contributed by atoms with Crippen molar-refractivity contribution in [1.82, 2.24) is 4.37 Å². The Labute approximate surface area is 133 Å². The van der Waals surface area contributed by atoms with Gasteiger partial charge < -0.3 is 4.74 Å². The van der Waals surface area contributed by atoms with E-state index in [-0.39, 0.29) is 0 Å². The molecule has 1 heterocycles. The van der Waals surface area contributed by atoms with E-state index in [4.69, 9.17) is 4.74 Å². The Hall–Kier alpha value is -0.770. The van der Waals surface area contributed by atoms with Gasteiger partial charge in [0, 0.05) is 17.1 Å². The van der Waals surface area contributed by atoms with Crippen LogP contribution in [0.1, 0.15) is 0 Å². The molecule has 0 aliphatic rings. The van der Waals surface area contributed by atoms with E-state index in [1.165, 1.54) is 3.14 Å². The minimum atomic E-state index is -10.7. The van der Waals surface area contributed by atoms with E-state index in [2.05, 4.69) is 10.6 Å². The minimum absolute atomic E-state index is 0.879. The summed E-state index contributed by atoms with van der Waals surface area (Å²) in [6.45, 7) is 0. The number of hydrogen-bond acceptors (Lipinski definition) is 4. The van der Waals surface area contributed by atoms with E-state index in [1.54, 1.807) is 41.3 Å². The summed E-state index contributed by atoms with van der Waals surface area (Å²) in [6.07, 6.45) is 2.07. The zero-order valence-corrected chi connectivity index (χ0v) is 14.4. The molecule has 1 aromatic heterocycles. The van der Waals surface area contributed by atoms with Crippen LogP contribution in [0.4, 0.5) is 25.2 Å². The fourth-order valence-corrected chi connectivity index (χ4v) is 3.53. The van der Waals surface area contributed by atoms with E-state index in [1.807, 2.05) is 24.3 Å². The zero-order chi connectivity index (χ0) is 17.1. The molecule has 0 spiro atoms. The van der Waals surface area contributed by atoms with Crippen LogP contribution in [0.3, 0.4) is 0 Å². The molecule has 0 aliphatic heterocycles. The third-order valence-electron chi connectivity index (χ3n) is 1.89. The molecule has 0 saturated carbocycles. The van der Waals surface area contributed by atoms with Crippen molar-refractivity contribution in [1.29, 1.82) is 0 Å². The third-order valence-corrected chi connectivity index (χ3v) is 5.39. The van der Waals surface area contributed by atoms with Crippen LogP contribution >= 0.6 is 30.7 Å². The fraction of sp³-hybridized carbons (Fsp3) is 0.200. The van der Waals surface area contributed by atoms with Crippen LogP contribution in [-0.2, 0) is 11.4 Å². The van der Waals surface area contributed by atoms with Crippen LogP contribution in [0, 0.1) is 3.14 Å². The average molecular weight is 401 g/mol. The first kappa shape index (κ1) is 19.3. The van der Waals surface area contributed by atoms with Gasteiger partial charge in [-0.25, -0.2) is 0 Å². The number of nitrogens with zero attached hydrogens (tertiary/aromatic N) is 1. The number of rotatable bonds is 2. The number of hydrogen-bond donors (Lipinski definition) is 0. The maximum atomic E-state index is 9.87. The van der Waals surface area contributed by atoms with Crippen LogP contribution in [0.25, 0.3) is 10.6 Å². The molecule has 0 N–H and O–H groups in total. The number of halogens is 6. The topological polar surface area (TPSA) is 22.1 Å². The molecular formula is C10H10F6NOPS3. The van der Waals surface area contributed by atoms with Crippen molar-refractivity contribution in [2.45, 2.75) is 0 Å². The maximum absolute atomic E-state index is 10.7. The normalized spacial score (nSPS) is 15.4. The van der Waals surface area contributed by atoms with Gasteiger partial charge in [0.05, 0.1) is 7.11 Å². The Balaban J connectivity index is 0.000000295. The molecule has 0 atom stereocenters. The van der Waals surface area contributed by atoms with Crippen LogP contribution in [0.5, 0.6) is 5.75 Å². The van der Waals surface area contributed by atoms with E-state index in [9.17, 15) is 25.2 Å². The standard InChI is InChI=1S/C10H10NOS3.F6P/c1-12-8-5-3-7(4-6-8)9-11-15-10(13-2)14-9;1-7(2,3,4,5)6/h3-6H,1-2H3;/q+1;-1. The molecule has 126 valence electrons. The second-order valence-electron chi connectivity index (χ2n) is 3.73. The summed E-state index contributed by atoms with van der Waals surface area (Å²) in [5.41, 5.74) is 1.15. The summed E-state index contributed by atoms with van der Waals surface area (Å²) in [5, 5.41) is 1.08. The summed E-state index contributed by atoms with van der Waals surface area (Å²) in [4.78, 5) is 0. The summed E-state index contributed by atoms with van der Waals surface area (Å²) >= 11 is 5.03. The van der Waals surface area contributed by atoms with Crippen molar-refractivity contribution in [3.63, 3.8) is 0 Å². The average Bonchev–Trinajstić information content (AvgIpc) is 2.84. The molecule has 0 unspecified atom stereocenters. The second-order valence-corrected chi connectivity index (χ2v) is 9.01. The van der Waals surface area contributed by atoms with E-state index in [0.717, 1.165) is 16.3 Å². The van der Waals surface area contributed by atoms with Crippen LogP contribution in [0.15, 0.2) is 24.3 Å². The summed E-state index contributed by atoms with van der Waals surface area (Å²) in [6, 6.07) is 7.99. The predicted octanol–water partition coefficient (Wildman–Crippen LogP) is 6.51. The van der Waals surface area contributed by atoms with Gasteiger partial charge >= 0.3 is 36.1 Å². The Bertz CT molecular complexity index is 680. The van der Waals surface area contributed by atoms with Crippen molar-refractivity contribution in [3.8, 4) is 16.3 Å². The molecule has 12 heteroatoms. The number of methoxy groups -OCH3 is 1. The summed E-state index contributed by atoms with van der Waals surface area (Å²) in [7, 11) is -8.98. The summed E-state index contributed by atoms with van der Waals surface area (Å²) in [5.74, 6) is 0.879. The van der Waals surface area contributed by atoms with Gasteiger partial charge in [0.15, 0.2) is 6.26 Å². The molecule has 1 aromatic carbocycles. The molecule has 0 amide bonds. The fourth-order valence-electron chi connectivity index (χ4n) is 1.12. The number of aromatic nitrogens is 1. The summed E-state index contributed by atoms with van der Waals surface area (Å²) < 4.78 is 70.0. The van der Waals surface area contributed by atoms with Gasteiger partial charge in [-0.2, -0.15) is 4.37 Å². The first-order valence-electron chi connectivity index (χ1n) is 5.33. The molecular weight excluding hydrogens is 391 g/mol. The first-order valence-corrected chi connectivity index (χ1v) is 10.2. The number of ether oxygens (including phenoxy) is 1. The van der Waals surface area contributed by atoms with Gasteiger partial charge in [-0.05, 0) is 35.6 Å². The molecule has 2 rings (SSSR count). The van der Waals surface area contributed by atoms with Gasteiger partial charge in [0.2, 0.25) is 11.4 Å². The molecule has 0 fully saturated rings. The van der Waals surface area contributed by atoms with E-state index < -0.39 is 7.81 Å². The zero-order valence-electron chi connectivity index (χ0n) is 11.1. The SMILES string of the molecule is COc1ccc(-c2nsc(=[S+]C)s2)cc1.F[P-](F)(F)(F)(F)F. The van der Waals surface area contributed by atoms with E-state index >= 15 is 0 Å². The third kappa shape index (κ3) is 9.29. The van der Waals surface area contributed by atoms with Crippen molar-refractivity contribution in [2.24, 2.45) is 0 Å². The molecule has 0 saturated heterocycles. The van der Waals surface area contributed by atoms with Crippen molar-refractivity contribution in [3.05, 3.63) is 27.4 Å². The van der Waals surface area contributed by atoms with Gasteiger partial charge in [0.1, 0.15) is 10.8 Å². The number of benzene rings is 1. The second kappa shape index (κ2) is 6.03. The van der Waals surface area contributed by atoms with Gasteiger partial charge in [-0.15, -0.1) is 0 Å². The Morgan fingerprint density at radius 1 is 1.05 bits per heavy atom. The molecule has 22 heavy (non-hydrogen) atoms. The Kier molecular flexibility index (Phi) is 5.28. The van der Waals surface area contributed by atoms with Gasteiger partial charge in [0.25, 0.3) is 0 Å². The molecule has 2 aromatic rings. The molecule has 0 radical (unpaired) electrons. The molecule has 0 bridgehead atoms. The monoisotopic (exact) mass is 401 g/mol.